The molecule has 2 nitrogen and oxygen atoms in total. The lowest BCUT2D eigenvalue weighted by Gasteiger charge is -2.12. The first-order chi connectivity index (χ1) is 8.29. The van der Waals surface area contributed by atoms with Crippen LogP contribution in [0.3, 0.4) is 0 Å². The maximum Gasteiger partial charge on any atom is 0.0335 e. The second-order valence-electron chi connectivity index (χ2n) is 4.26. The van der Waals surface area contributed by atoms with Gasteiger partial charge >= 0.3 is 0 Å². The molecule has 0 aliphatic rings. The van der Waals surface area contributed by atoms with Crippen molar-refractivity contribution in [3.05, 3.63) is 65.5 Å². The Bertz CT molecular complexity index is 448. The Morgan fingerprint density at radius 2 is 1.65 bits per heavy atom. The molecule has 1 aromatic heterocycles. The number of hydrogen-bond acceptors (Lipinski definition) is 2. The third-order valence-electron chi connectivity index (χ3n) is 3.02. The number of aryl methyl sites for hydroxylation is 1. The summed E-state index contributed by atoms with van der Waals surface area (Å²) in [6.45, 7) is 2.16. The lowest BCUT2D eigenvalue weighted by atomic mass is 9.99. The van der Waals surface area contributed by atoms with Crippen molar-refractivity contribution in [2.24, 2.45) is 5.73 Å². The molecule has 0 amide bonds. The third-order valence-corrected chi connectivity index (χ3v) is 3.02. The molecular weight excluding hydrogens is 208 g/mol. The molecule has 0 aliphatic heterocycles. The van der Waals surface area contributed by atoms with E-state index in [1.54, 1.807) is 0 Å². The average molecular weight is 226 g/mol. The number of aromatic nitrogens is 1. The van der Waals surface area contributed by atoms with Gasteiger partial charge in [-0.1, -0.05) is 31.2 Å². The molecule has 1 unspecified atom stereocenters. The largest absolute Gasteiger partial charge is 0.324 e. The molecule has 2 heteroatoms. The number of nitrogens with two attached hydrogens (primary N) is 1. The van der Waals surface area contributed by atoms with Crippen LogP contribution in [0, 0.1) is 0 Å². The van der Waals surface area contributed by atoms with E-state index in [1.807, 2.05) is 24.5 Å². The van der Waals surface area contributed by atoms with Gasteiger partial charge in [-0.3, -0.25) is 4.98 Å². The van der Waals surface area contributed by atoms with Crippen molar-refractivity contribution in [3.8, 4) is 0 Å². The van der Waals surface area contributed by atoms with Crippen molar-refractivity contribution in [1.29, 1.82) is 0 Å². The Morgan fingerprint density at radius 1 is 1.00 bits per heavy atom. The first kappa shape index (κ1) is 11.8. The fraction of sp³-hybridized carbons (Fsp3) is 0.267. The molecule has 0 radical (unpaired) electrons. The first-order valence-corrected chi connectivity index (χ1v) is 6.03. The van der Waals surface area contributed by atoms with Gasteiger partial charge in [0.1, 0.15) is 0 Å². The molecule has 1 aromatic carbocycles. The SMILES string of the molecule is CCc1ccc(C(N)Cc2ccncc2)cc1. The molecule has 2 rings (SSSR count). The molecule has 0 bridgehead atoms. The summed E-state index contributed by atoms with van der Waals surface area (Å²) in [4.78, 5) is 4.01. The van der Waals surface area contributed by atoms with Crippen LogP contribution >= 0.6 is 0 Å². The molecule has 88 valence electrons. The van der Waals surface area contributed by atoms with Gasteiger partial charge in [0.05, 0.1) is 0 Å². The lowest BCUT2D eigenvalue weighted by Crippen LogP contribution is -2.13. The zero-order valence-corrected chi connectivity index (χ0v) is 10.1. The normalized spacial score (nSPS) is 12.4. The summed E-state index contributed by atoms with van der Waals surface area (Å²) < 4.78 is 0. The zero-order valence-electron chi connectivity index (χ0n) is 10.1. The van der Waals surface area contributed by atoms with E-state index in [9.17, 15) is 0 Å². The fourth-order valence-corrected chi connectivity index (χ4v) is 1.89. The molecule has 0 saturated carbocycles. The minimum Gasteiger partial charge on any atom is -0.324 e. The van der Waals surface area contributed by atoms with Crippen LogP contribution in [0.15, 0.2) is 48.8 Å². The average Bonchev–Trinajstić information content (AvgIpc) is 2.40. The summed E-state index contributed by atoms with van der Waals surface area (Å²) in [6, 6.07) is 12.7. The highest BCUT2D eigenvalue weighted by Crippen LogP contribution is 2.16. The molecule has 17 heavy (non-hydrogen) atoms. The van der Waals surface area contributed by atoms with E-state index >= 15 is 0 Å². The van der Waals surface area contributed by atoms with Gasteiger partial charge in [0.25, 0.3) is 0 Å². The monoisotopic (exact) mass is 226 g/mol. The smallest absolute Gasteiger partial charge is 0.0335 e. The van der Waals surface area contributed by atoms with Crippen molar-refractivity contribution >= 4 is 0 Å². The van der Waals surface area contributed by atoms with Crippen LogP contribution in [0.4, 0.5) is 0 Å². The van der Waals surface area contributed by atoms with Gasteiger partial charge in [-0.05, 0) is 41.7 Å². The number of rotatable bonds is 4. The van der Waals surface area contributed by atoms with Gasteiger partial charge in [-0.25, -0.2) is 0 Å². The molecule has 2 aromatic rings. The second kappa shape index (κ2) is 5.60. The second-order valence-corrected chi connectivity index (χ2v) is 4.26. The van der Waals surface area contributed by atoms with Crippen molar-refractivity contribution in [3.63, 3.8) is 0 Å². The molecule has 0 saturated heterocycles. The predicted octanol–water partition coefficient (Wildman–Crippen LogP) is 2.89. The van der Waals surface area contributed by atoms with Gasteiger partial charge < -0.3 is 5.73 Å². The molecule has 0 spiro atoms. The highest BCUT2D eigenvalue weighted by Gasteiger charge is 2.06. The molecular formula is C15H18N2. The standard InChI is InChI=1S/C15H18N2/c1-2-12-3-5-14(6-4-12)15(16)11-13-7-9-17-10-8-13/h3-10,15H,2,11,16H2,1H3. The molecule has 0 aliphatic carbocycles. The quantitative estimate of drug-likeness (QED) is 0.870. The van der Waals surface area contributed by atoms with Crippen LogP contribution in [-0.4, -0.2) is 4.98 Å². The van der Waals surface area contributed by atoms with Crippen LogP contribution in [0.5, 0.6) is 0 Å². The molecule has 0 fully saturated rings. The van der Waals surface area contributed by atoms with Crippen molar-refractivity contribution < 1.29 is 0 Å². The first-order valence-electron chi connectivity index (χ1n) is 6.03. The summed E-state index contributed by atoms with van der Waals surface area (Å²) in [5.74, 6) is 0. The molecule has 1 atom stereocenters. The van der Waals surface area contributed by atoms with E-state index in [2.05, 4.69) is 36.2 Å². The van der Waals surface area contributed by atoms with E-state index in [0.717, 1.165) is 12.8 Å². The maximum absolute atomic E-state index is 6.20. The summed E-state index contributed by atoms with van der Waals surface area (Å²) in [7, 11) is 0. The Labute approximate surface area is 103 Å². The zero-order chi connectivity index (χ0) is 12.1. The van der Waals surface area contributed by atoms with Gasteiger partial charge in [0.2, 0.25) is 0 Å². The van der Waals surface area contributed by atoms with Gasteiger partial charge in [-0.15, -0.1) is 0 Å². The van der Waals surface area contributed by atoms with E-state index in [-0.39, 0.29) is 6.04 Å². The summed E-state index contributed by atoms with van der Waals surface area (Å²) in [5.41, 5.74) is 9.97. The van der Waals surface area contributed by atoms with E-state index in [4.69, 9.17) is 5.73 Å². The topological polar surface area (TPSA) is 38.9 Å². The Hall–Kier alpha value is -1.67. The molecule has 1 heterocycles. The van der Waals surface area contributed by atoms with Gasteiger partial charge in [0, 0.05) is 18.4 Å². The fourth-order valence-electron chi connectivity index (χ4n) is 1.89. The van der Waals surface area contributed by atoms with Crippen LogP contribution in [0.2, 0.25) is 0 Å². The van der Waals surface area contributed by atoms with Crippen LogP contribution in [0.1, 0.15) is 29.7 Å². The van der Waals surface area contributed by atoms with Crippen LogP contribution < -0.4 is 5.73 Å². The minimum absolute atomic E-state index is 0.0586. The van der Waals surface area contributed by atoms with Crippen LogP contribution in [0.25, 0.3) is 0 Å². The summed E-state index contributed by atoms with van der Waals surface area (Å²) in [6.07, 6.45) is 5.54. The maximum atomic E-state index is 6.20. The third kappa shape index (κ3) is 3.14. The minimum atomic E-state index is 0.0586. The highest BCUT2D eigenvalue weighted by molar-refractivity contribution is 5.26. The summed E-state index contributed by atoms with van der Waals surface area (Å²) >= 11 is 0. The van der Waals surface area contributed by atoms with Crippen molar-refractivity contribution in [1.82, 2.24) is 4.98 Å². The Balaban J connectivity index is 2.06. The van der Waals surface area contributed by atoms with Gasteiger partial charge in [-0.2, -0.15) is 0 Å². The van der Waals surface area contributed by atoms with E-state index < -0.39 is 0 Å². The Kier molecular flexibility index (Phi) is 3.89. The number of benzene rings is 1. The molecule has 2 N–H and O–H groups in total. The van der Waals surface area contributed by atoms with Crippen molar-refractivity contribution in [2.45, 2.75) is 25.8 Å². The van der Waals surface area contributed by atoms with Crippen LogP contribution in [-0.2, 0) is 12.8 Å². The Morgan fingerprint density at radius 3 is 2.24 bits per heavy atom. The number of hydrogen-bond donors (Lipinski definition) is 1. The van der Waals surface area contributed by atoms with E-state index in [0.29, 0.717) is 0 Å². The predicted molar refractivity (Wildman–Crippen MR) is 70.7 cm³/mol. The number of pyridine rings is 1. The summed E-state index contributed by atoms with van der Waals surface area (Å²) in [5, 5.41) is 0. The highest BCUT2D eigenvalue weighted by atomic mass is 14.6. The van der Waals surface area contributed by atoms with Gasteiger partial charge in [0.15, 0.2) is 0 Å². The van der Waals surface area contributed by atoms with E-state index in [1.165, 1.54) is 16.7 Å². The lowest BCUT2D eigenvalue weighted by molar-refractivity contribution is 0.720. The van der Waals surface area contributed by atoms with Crippen molar-refractivity contribution in [2.75, 3.05) is 0 Å². The number of nitrogens with zero attached hydrogens (tertiary/aromatic N) is 1.